The van der Waals surface area contributed by atoms with Crippen LogP contribution >= 0.6 is 0 Å². The molecule has 2 spiro atoms. The first-order valence-electron chi connectivity index (χ1n) is 20.4. The number of amides is 6. The fraction of sp³-hybridized carbons (Fsp3) is 0.850. The Hall–Kier alpha value is -3.22. The lowest BCUT2D eigenvalue weighted by Gasteiger charge is -2.39. The van der Waals surface area contributed by atoms with Crippen LogP contribution in [0, 0.1) is 33.5 Å². The molecule has 6 aliphatic rings. The summed E-state index contributed by atoms with van der Waals surface area (Å²) in [5, 5.41) is 9.10. The van der Waals surface area contributed by atoms with Crippen LogP contribution in [0.25, 0.3) is 0 Å². The molecular weight excluding hydrogens is 674 g/mol. The molecule has 0 bridgehead atoms. The lowest BCUT2D eigenvalue weighted by molar-refractivity contribution is -0.145. The maximum absolute atomic E-state index is 15.0. The Labute approximate surface area is 315 Å². The SMILES string of the molecule is CN1CCN(C(=O)N[C@H](C(=O)N[C@H](C(=O)N2C[C@]3(C[C@H]2C(=O)NC(CC2CCC2)C(=O)C(N)=O)C(C)(C)C32CCC2)C(C)(C)C)C2CCCCC2)CC1. The van der Waals surface area contributed by atoms with Crippen molar-refractivity contribution in [1.82, 2.24) is 30.7 Å². The van der Waals surface area contributed by atoms with Crippen LogP contribution in [0.2, 0.25) is 0 Å². The molecule has 296 valence electrons. The van der Waals surface area contributed by atoms with Crippen LogP contribution in [0.15, 0.2) is 0 Å². The molecule has 13 heteroatoms. The number of ketones is 1. The van der Waals surface area contributed by atoms with Crippen molar-refractivity contribution in [2.75, 3.05) is 39.8 Å². The second-order valence-corrected chi connectivity index (χ2v) is 19.1. The molecule has 2 aliphatic heterocycles. The highest BCUT2D eigenvalue weighted by Crippen LogP contribution is 2.88. The van der Waals surface area contributed by atoms with Crippen molar-refractivity contribution in [2.45, 2.75) is 142 Å². The van der Waals surface area contributed by atoms with Gasteiger partial charge >= 0.3 is 6.03 Å². The van der Waals surface area contributed by atoms with Crippen LogP contribution in [-0.2, 0) is 24.0 Å². The summed E-state index contributed by atoms with van der Waals surface area (Å²) in [6.45, 7) is 13.3. The molecule has 0 aromatic rings. The van der Waals surface area contributed by atoms with E-state index in [0.717, 1.165) is 83.7 Å². The first-order chi connectivity index (χ1) is 24.9. The standard InChI is InChI=1S/C40H65N7O6/c1-37(2,3)31(44-34(51)29(26-14-8-7-9-15-26)43-36(53)46-20-18-45(6)19-21-46)35(52)47-24-40(38(4,5)39(40)16-11-17-39)23-28(47)33(50)42-27(30(48)32(41)49)22-25-12-10-13-25/h25-29,31H,7-24H2,1-6H3,(H2,41,49)(H,42,50)(H,43,53)(H,44,51)/t27?,28-,29-,31+,40+/m0/s1. The highest BCUT2D eigenvalue weighted by Gasteiger charge is 2.85. The highest BCUT2D eigenvalue weighted by atomic mass is 16.2. The molecule has 53 heavy (non-hydrogen) atoms. The van der Waals surface area contributed by atoms with Crippen LogP contribution < -0.4 is 21.7 Å². The van der Waals surface area contributed by atoms with Gasteiger partial charge in [-0.25, -0.2) is 4.79 Å². The molecule has 4 aliphatic carbocycles. The van der Waals surface area contributed by atoms with E-state index in [-0.39, 0.29) is 45.9 Å². The molecule has 2 saturated heterocycles. The number of carbonyl (C=O) groups excluding carboxylic acids is 6. The summed E-state index contributed by atoms with van der Waals surface area (Å²) in [6, 6.07) is -3.95. The molecule has 1 unspecified atom stereocenters. The summed E-state index contributed by atoms with van der Waals surface area (Å²) in [6.07, 6.45) is 11.6. The van der Waals surface area contributed by atoms with Crippen molar-refractivity contribution in [3.63, 3.8) is 0 Å². The zero-order valence-corrected chi connectivity index (χ0v) is 33.1. The van der Waals surface area contributed by atoms with Crippen molar-refractivity contribution in [2.24, 2.45) is 39.2 Å². The van der Waals surface area contributed by atoms with E-state index >= 15 is 4.79 Å². The normalized spacial score (nSPS) is 28.7. The average molecular weight is 740 g/mol. The molecule has 0 aromatic heterocycles. The van der Waals surface area contributed by atoms with E-state index in [9.17, 15) is 24.0 Å². The summed E-state index contributed by atoms with van der Waals surface area (Å²) >= 11 is 0. The number of nitrogens with two attached hydrogens (primary N) is 1. The number of primary amides is 1. The number of likely N-dealkylation sites (N-methyl/N-ethyl adjacent to an activating group) is 1. The fourth-order valence-electron chi connectivity index (χ4n) is 10.9. The summed E-state index contributed by atoms with van der Waals surface area (Å²) < 4.78 is 0. The van der Waals surface area contributed by atoms with Crippen LogP contribution in [-0.4, -0.2) is 114 Å². The van der Waals surface area contributed by atoms with Crippen LogP contribution in [0.4, 0.5) is 4.79 Å². The molecule has 4 saturated carbocycles. The van der Waals surface area contributed by atoms with E-state index in [1.807, 2.05) is 27.8 Å². The summed E-state index contributed by atoms with van der Waals surface area (Å²) in [7, 11) is 2.03. The van der Waals surface area contributed by atoms with Crippen LogP contribution in [0.1, 0.15) is 118 Å². The molecule has 0 aromatic carbocycles. The lowest BCUT2D eigenvalue weighted by Crippen LogP contribution is -2.63. The van der Waals surface area contributed by atoms with Gasteiger partial charge in [-0.05, 0) is 73.7 Å². The third-order valence-electron chi connectivity index (χ3n) is 14.9. The fourth-order valence-corrected chi connectivity index (χ4v) is 10.9. The molecule has 5 N–H and O–H groups in total. The zero-order chi connectivity index (χ0) is 38.5. The third-order valence-corrected chi connectivity index (χ3v) is 14.9. The Morgan fingerprint density at radius 2 is 1.45 bits per heavy atom. The van der Waals surface area contributed by atoms with Crippen LogP contribution in [0.5, 0.6) is 0 Å². The summed E-state index contributed by atoms with van der Waals surface area (Å²) in [4.78, 5) is 88.0. The minimum absolute atomic E-state index is 0.0298. The van der Waals surface area contributed by atoms with E-state index in [2.05, 4.69) is 34.7 Å². The number of rotatable bonds is 11. The van der Waals surface area contributed by atoms with E-state index in [1.54, 1.807) is 9.80 Å². The Morgan fingerprint density at radius 1 is 0.811 bits per heavy atom. The molecule has 6 amide bonds. The van der Waals surface area contributed by atoms with Gasteiger partial charge in [-0.1, -0.05) is 79.6 Å². The first kappa shape index (κ1) is 39.5. The van der Waals surface area contributed by atoms with E-state index in [1.165, 1.54) is 0 Å². The number of nitrogens with zero attached hydrogens (tertiary/aromatic N) is 3. The van der Waals surface area contributed by atoms with Gasteiger partial charge in [-0.3, -0.25) is 24.0 Å². The number of hydrogen-bond acceptors (Lipinski definition) is 7. The van der Waals surface area contributed by atoms with E-state index in [0.29, 0.717) is 32.5 Å². The van der Waals surface area contributed by atoms with E-state index in [4.69, 9.17) is 5.73 Å². The highest BCUT2D eigenvalue weighted by molar-refractivity contribution is 6.37. The maximum atomic E-state index is 15.0. The molecule has 2 heterocycles. The monoisotopic (exact) mass is 739 g/mol. The number of piperazine rings is 1. The lowest BCUT2D eigenvalue weighted by atomic mass is 9.73. The predicted octanol–water partition coefficient (Wildman–Crippen LogP) is 2.95. The van der Waals surface area contributed by atoms with Crippen molar-refractivity contribution in [1.29, 1.82) is 0 Å². The Morgan fingerprint density at radius 3 is 1.96 bits per heavy atom. The van der Waals surface area contributed by atoms with Crippen molar-refractivity contribution >= 4 is 35.4 Å². The maximum Gasteiger partial charge on any atom is 0.318 e. The van der Waals surface area contributed by atoms with Gasteiger partial charge in [-0.2, -0.15) is 0 Å². The van der Waals surface area contributed by atoms with Crippen LogP contribution in [0.3, 0.4) is 0 Å². The molecule has 6 fully saturated rings. The molecule has 0 radical (unpaired) electrons. The number of fused-ring (bicyclic) bond motifs is 1. The average Bonchev–Trinajstić information content (AvgIpc) is 3.28. The first-order valence-corrected chi connectivity index (χ1v) is 20.4. The van der Waals surface area contributed by atoms with Crippen molar-refractivity contribution in [3.05, 3.63) is 0 Å². The summed E-state index contributed by atoms with van der Waals surface area (Å²) in [5.41, 5.74) is 4.36. The summed E-state index contributed by atoms with van der Waals surface area (Å²) in [5.74, 6) is -2.89. The van der Waals surface area contributed by atoms with Crippen molar-refractivity contribution < 1.29 is 28.8 Å². The van der Waals surface area contributed by atoms with Crippen molar-refractivity contribution in [3.8, 4) is 0 Å². The third kappa shape index (κ3) is 7.20. The van der Waals surface area contributed by atoms with Gasteiger partial charge in [0.15, 0.2) is 0 Å². The Kier molecular flexibility index (Phi) is 11.0. The zero-order valence-electron chi connectivity index (χ0n) is 33.1. The molecule has 6 rings (SSSR count). The Bertz CT molecular complexity index is 1450. The van der Waals surface area contributed by atoms with Gasteiger partial charge in [0.1, 0.15) is 18.1 Å². The van der Waals surface area contributed by atoms with Gasteiger partial charge in [0, 0.05) is 38.1 Å². The number of nitrogens with one attached hydrogen (secondary N) is 3. The molecular formula is C40H65N7O6. The number of Topliss-reactive ketones (excluding diaryl/α,β-unsaturated/α-hetero) is 1. The van der Waals surface area contributed by atoms with Gasteiger partial charge in [-0.15, -0.1) is 0 Å². The molecule has 13 nitrogen and oxygen atoms in total. The second kappa shape index (κ2) is 14.8. The number of likely N-dealkylation sites (tertiary alicyclic amines) is 1. The quantitative estimate of drug-likeness (QED) is 0.236. The Balaban J connectivity index is 1.26. The second-order valence-electron chi connectivity index (χ2n) is 19.1. The minimum atomic E-state index is -1.08. The van der Waals surface area contributed by atoms with Gasteiger partial charge < -0.3 is 36.4 Å². The largest absolute Gasteiger partial charge is 0.363 e. The number of carbonyl (C=O) groups is 6. The number of urea groups is 1. The minimum Gasteiger partial charge on any atom is -0.363 e. The number of hydrogen-bond donors (Lipinski definition) is 4. The van der Waals surface area contributed by atoms with Gasteiger partial charge in [0.2, 0.25) is 23.5 Å². The topological polar surface area (TPSA) is 174 Å². The molecule has 5 atom stereocenters. The smallest absolute Gasteiger partial charge is 0.318 e. The van der Waals surface area contributed by atoms with Gasteiger partial charge in [0.25, 0.3) is 5.91 Å². The van der Waals surface area contributed by atoms with Gasteiger partial charge in [0.05, 0.1) is 6.04 Å². The van der Waals surface area contributed by atoms with E-state index < -0.39 is 47.2 Å². The predicted molar refractivity (Wildman–Crippen MR) is 200 cm³/mol.